The minimum Gasteiger partial charge on any atom is -0.444 e. The Hall–Kier alpha value is -4.71. The van der Waals surface area contributed by atoms with Crippen LogP contribution in [0.25, 0.3) is 11.3 Å². The Labute approximate surface area is 425 Å². The number of hydrogen-bond acceptors (Lipinski definition) is 8. The molecule has 0 radical (unpaired) electrons. The molecule has 6 fully saturated rings. The fourth-order valence-electron chi connectivity index (χ4n) is 12.3. The average Bonchev–Trinajstić information content (AvgIpc) is 4.14. The summed E-state index contributed by atoms with van der Waals surface area (Å²) in [7, 11) is 0. The first kappa shape index (κ1) is 57.6. The lowest BCUT2D eigenvalue weighted by Gasteiger charge is -2.34. The highest BCUT2D eigenvalue weighted by molar-refractivity contribution is 5.69. The quantitative estimate of drug-likeness (QED) is 0.175. The molecular weight excluding hydrogens is 958 g/mol. The lowest BCUT2D eigenvalue weighted by molar-refractivity contribution is -0.0553. The number of halogens is 7. The Morgan fingerprint density at radius 2 is 1.03 bits per heavy atom. The molecule has 10 rings (SSSR count). The van der Waals surface area contributed by atoms with Crippen LogP contribution in [0.2, 0.25) is 0 Å². The minimum atomic E-state index is -2.71. The van der Waals surface area contributed by atoms with E-state index in [9.17, 15) is 27.2 Å². The van der Waals surface area contributed by atoms with Gasteiger partial charge in [-0.2, -0.15) is 10.2 Å². The van der Waals surface area contributed by atoms with E-state index < -0.39 is 40.7 Å². The number of rotatable bonds is 6. The zero-order chi connectivity index (χ0) is 51.8. The van der Waals surface area contributed by atoms with Crippen molar-refractivity contribution in [1.82, 2.24) is 39.0 Å². The lowest BCUT2D eigenvalue weighted by Crippen LogP contribution is -2.45. The first-order valence-corrected chi connectivity index (χ1v) is 26.3. The van der Waals surface area contributed by atoms with Crippen LogP contribution in [-0.4, -0.2) is 100 Å². The van der Waals surface area contributed by atoms with Gasteiger partial charge in [0.25, 0.3) is 0 Å². The molecule has 0 aromatic carbocycles. The standard InChI is InChI=1S/C26H35F3N4O2.C26H36F2N4O2.C2H6.2FH/c1-15-12-19(26-13-18(26)10-11-32(14-26)23(34)35-24(2,3)4)33-22(30-15)20(27)21(31-33)16-6-8-17(9-7-16)25(5,28)29;1-16-12-21(26-14-19(26)10-11-31(15-26)23(33)34-24(2,3)4)32-22(29-16)13-20(30-32)17-6-8-18(9-7-17)25(5,27)28;1-2;;/h12,16-18H,6-11,13-14H2,1-5H3;12-13,17-19H,6-11,14-15H2,1-5H3;1-2H3;2*1H. The molecule has 4 saturated carbocycles. The van der Waals surface area contributed by atoms with Crippen molar-refractivity contribution in [3.8, 4) is 0 Å². The molecule has 0 N–H and O–H groups in total. The number of aromatic nitrogens is 6. The Balaban J connectivity index is 0.000000225. The van der Waals surface area contributed by atoms with Gasteiger partial charge in [0.05, 0.1) is 17.1 Å². The van der Waals surface area contributed by atoms with Crippen molar-refractivity contribution in [3.05, 3.63) is 58.2 Å². The predicted octanol–water partition coefficient (Wildman–Crippen LogP) is 13.2. The molecule has 2 saturated heterocycles. The van der Waals surface area contributed by atoms with Crippen LogP contribution in [0.4, 0.5) is 40.9 Å². The fraction of sp³-hybridized carbons (Fsp3) is 0.741. The number of likely N-dealkylation sites (tertiary alicyclic amines) is 2. The number of hydrogen-bond donors (Lipinski definition) is 0. The third-order valence-corrected chi connectivity index (χ3v) is 16.2. The second-order valence-electron chi connectivity index (χ2n) is 23.8. The van der Waals surface area contributed by atoms with Gasteiger partial charge in [-0.15, -0.1) is 0 Å². The van der Waals surface area contributed by atoms with E-state index in [-0.39, 0.29) is 49.9 Å². The van der Waals surface area contributed by atoms with Gasteiger partial charge in [-0.1, -0.05) is 13.8 Å². The number of carbonyl (C=O) groups excluding carboxylic acids is 2. The number of amides is 2. The number of ether oxygens (including phenoxy) is 2. The highest BCUT2D eigenvalue weighted by Gasteiger charge is 2.62. The normalized spacial score (nSPS) is 28.0. The van der Waals surface area contributed by atoms with E-state index in [0.29, 0.717) is 87.9 Å². The topological polar surface area (TPSA) is 119 Å². The first-order chi connectivity index (χ1) is 33.1. The summed E-state index contributed by atoms with van der Waals surface area (Å²) < 4.78 is 85.5. The number of nitrogens with zero attached hydrogens (tertiary/aromatic N) is 8. The summed E-state index contributed by atoms with van der Waals surface area (Å²) in [6.07, 6.45) is 7.34. The molecule has 4 unspecified atom stereocenters. The van der Waals surface area contributed by atoms with E-state index in [4.69, 9.17) is 24.7 Å². The van der Waals surface area contributed by atoms with Gasteiger partial charge in [0.2, 0.25) is 11.8 Å². The molecule has 19 heteroatoms. The van der Waals surface area contributed by atoms with Crippen LogP contribution in [0.5, 0.6) is 0 Å². The van der Waals surface area contributed by atoms with Crippen LogP contribution in [0.15, 0.2) is 18.2 Å². The summed E-state index contributed by atoms with van der Waals surface area (Å²) in [4.78, 5) is 38.4. The number of carbonyl (C=O) groups is 2. The monoisotopic (exact) mass is 1040 g/mol. The van der Waals surface area contributed by atoms with Crippen molar-refractivity contribution in [1.29, 1.82) is 0 Å². The second-order valence-corrected chi connectivity index (χ2v) is 23.8. The van der Waals surface area contributed by atoms with Gasteiger partial charge in [0, 0.05) is 78.1 Å². The third-order valence-electron chi connectivity index (χ3n) is 16.2. The molecule has 0 spiro atoms. The molecule has 6 aliphatic rings. The Kier molecular flexibility index (Phi) is 16.4. The smallest absolute Gasteiger partial charge is 0.410 e. The third kappa shape index (κ3) is 11.9. The molecule has 4 aliphatic carbocycles. The molecule has 12 nitrogen and oxygen atoms in total. The lowest BCUT2D eigenvalue weighted by atomic mass is 9.78. The highest BCUT2D eigenvalue weighted by Crippen LogP contribution is 2.60. The zero-order valence-corrected chi connectivity index (χ0v) is 44.9. The second kappa shape index (κ2) is 20.8. The van der Waals surface area contributed by atoms with Gasteiger partial charge >= 0.3 is 12.2 Å². The molecular formula is C54H79F7N8O4. The van der Waals surface area contributed by atoms with Crippen LogP contribution in [-0.2, 0) is 20.3 Å². The number of piperidine rings is 2. The van der Waals surface area contributed by atoms with Crippen LogP contribution >= 0.6 is 0 Å². The van der Waals surface area contributed by atoms with Gasteiger partial charge < -0.3 is 19.3 Å². The summed E-state index contributed by atoms with van der Waals surface area (Å²) in [6.45, 7) is 23.5. The van der Waals surface area contributed by atoms with E-state index in [0.717, 1.165) is 80.8 Å². The van der Waals surface area contributed by atoms with Crippen molar-refractivity contribution in [2.45, 2.75) is 206 Å². The molecule has 4 aromatic rings. The molecule has 2 aliphatic heterocycles. The Morgan fingerprint density at radius 1 is 0.603 bits per heavy atom. The number of alkyl halides is 4. The van der Waals surface area contributed by atoms with E-state index in [2.05, 4.69) is 11.1 Å². The van der Waals surface area contributed by atoms with Crippen molar-refractivity contribution >= 4 is 23.5 Å². The van der Waals surface area contributed by atoms with Crippen LogP contribution < -0.4 is 0 Å². The minimum absolute atomic E-state index is 0. The fourth-order valence-corrected chi connectivity index (χ4v) is 12.3. The molecule has 0 bridgehead atoms. The summed E-state index contributed by atoms with van der Waals surface area (Å²) >= 11 is 0. The summed E-state index contributed by atoms with van der Waals surface area (Å²) in [6, 6.07) is 6.10. The van der Waals surface area contributed by atoms with Gasteiger partial charge in [0.1, 0.15) is 16.9 Å². The van der Waals surface area contributed by atoms with E-state index in [1.54, 1.807) is 9.42 Å². The van der Waals surface area contributed by atoms with E-state index >= 15 is 4.39 Å². The van der Waals surface area contributed by atoms with Gasteiger partial charge in [-0.05, 0) is 170 Å². The van der Waals surface area contributed by atoms with Crippen LogP contribution in [0.1, 0.15) is 192 Å². The van der Waals surface area contributed by atoms with Crippen LogP contribution in [0, 0.1) is 43.3 Å². The van der Waals surface area contributed by atoms with Gasteiger partial charge in [-0.25, -0.2) is 50.5 Å². The Bertz CT molecular complexity index is 2600. The maximum absolute atomic E-state index is 15.6. The number of fused-ring (bicyclic) bond motifs is 4. The molecule has 4 atom stereocenters. The van der Waals surface area contributed by atoms with Gasteiger partial charge in [0.15, 0.2) is 17.1 Å². The molecule has 4 aromatic heterocycles. The zero-order valence-electron chi connectivity index (χ0n) is 44.9. The largest absolute Gasteiger partial charge is 0.444 e. The molecule has 73 heavy (non-hydrogen) atoms. The predicted molar refractivity (Wildman–Crippen MR) is 267 cm³/mol. The van der Waals surface area contributed by atoms with Crippen molar-refractivity contribution in [2.24, 2.45) is 23.7 Å². The van der Waals surface area contributed by atoms with Crippen molar-refractivity contribution in [2.75, 3.05) is 26.2 Å². The maximum Gasteiger partial charge on any atom is 0.410 e. The highest BCUT2D eigenvalue weighted by atomic mass is 19.3. The number of aryl methyl sites for hydroxylation is 2. The van der Waals surface area contributed by atoms with Crippen molar-refractivity contribution in [3.63, 3.8) is 0 Å². The average molecular weight is 1040 g/mol. The molecule has 6 heterocycles. The Morgan fingerprint density at radius 3 is 1.47 bits per heavy atom. The van der Waals surface area contributed by atoms with Crippen molar-refractivity contribution < 1.29 is 50.4 Å². The molecule has 2 amide bonds. The first-order valence-electron chi connectivity index (χ1n) is 26.3. The van der Waals surface area contributed by atoms with E-state index in [1.807, 2.05) is 90.8 Å². The summed E-state index contributed by atoms with van der Waals surface area (Å²) in [5.41, 5.74) is 4.33. The SMILES string of the molecule is CC.Cc1cc(C23CC2CCN(C(=O)OC(C)(C)C)C3)n2nc(C3CCC(C(C)(F)F)CC3)c(F)c2n1.Cc1cc(C23CC2CCN(C(=O)OC(C)(C)C)C3)n2nc(C3CCC(C(C)(F)F)CC3)cc2n1.F.F. The summed E-state index contributed by atoms with van der Waals surface area (Å²) in [5.74, 6) is -6.08. The van der Waals surface area contributed by atoms with Gasteiger partial charge in [-0.3, -0.25) is 9.41 Å². The molecule has 408 valence electrons. The van der Waals surface area contributed by atoms with E-state index in [1.165, 1.54) is 0 Å². The maximum atomic E-state index is 15.6. The van der Waals surface area contributed by atoms with Crippen LogP contribution in [0.3, 0.4) is 0 Å². The summed E-state index contributed by atoms with van der Waals surface area (Å²) in [5, 5.41) is 9.67.